The molecule has 1 amide bonds. The predicted octanol–water partition coefficient (Wildman–Crippen LogP) is 1.79. The van der Waals surface area contributed by atoms with E-state index in [1.165, 1.54) is 16.5 Å². The molecule has 1 aromatic carbocycles. The molecule has 3 rings (SSSR count). The third kappa shape index (κ3) is 2.56. The number of rotatable bonds is 3. The van der Waals surface area contributed by atoms with Crippen molar-refractivity contribution in [2.45, 2.75) is 19.4 Å². The third-order valence-electron chi connectivity index (χ3n) is 4.10. The highest BCUT2D eigenvalue weighted by Crippen LogP contribution is 2.20. The van der Waals surface area contributed by atoms with E-state index in [-0.39, 0.29) is 11.8 Å². The third-order valence-corrected chi connectivity index (χ3v) is 4.10. The van der Waals surface area contributed by atoms with Gasteiger partial charge in [-0.05, 0) is 31.0 Å². The highest BCUT2D eigenvalue weighted by Gasteiger charge is 2.20. The van der Waals surface area contributed by atoms with Crippen molar-refractivity contribution in [3.63, 3.8) is 0 Å². The van der Waals surface area contributed by atoms with Crippen molar-refractivity contribution in [1.29, 1.82) is 0 Å². The molecule has 0 spiro atoms. The van der Waals surface area contributed by atoms with E-state index in [1.54, 1.807) is 0 Å². The molecule has 1 aromatic heterocycles. The van der Waals surface area contributed by atoms with Gasteiger partial charge in [0, 0.05) is 37.2 Å². The van der Waals surface area contributed by atoms with Crippen molar-refractivity contribution < 1.29 is 4.79 Å². The summed E-state index contributed by atoms with van der Waals surface area (Å²) >= 11 is 0. The first-order valence-electron chi connectivity index (χ1n) is 7.27. The van der Waals surface area contributed by atoms with Crippen LogP contribution in [0.25, 0.3) is 10.9 Å². The molecule has 4 nitrogen and oxygen atoms in total. The summed E-state index contributed by atoms with van der Waals surface area (Å²) in [4.78, 5) is 12.2. The molecule has 1 aliphatic heterocycles. The van der Waals surface area contributed by atoms with Crippen LogP contribution in [0.3, 0.4) is 0 Å². The fraction of sp³-hybridized carbons (Fsp3) is 0.438. The van der Waals surface area contributed by atoms with Crippen molar-refractivity contribution in [3.05, 3.63) is 36.0 Å². The average Bonchev–Trinajstić information content (AvgIpc) is 2.83. The van der Waals surface area contributed by atoms with Crippen molar-refractivity contribution in [2.75, 3.05) is 13.1 Å². The fourth-order valence-electron chi connectivity index (χ4n) is 2.97. The molecule has 0 saturated carbocycles. The predicted molar refractivity (Wildman–Crippen MR) is 80.4 cm³/mol. The minimum atomic E-state index is 0.124. The molecular formula is C16H21N3O. The van der Waals surface area contributed by atoms with Crippen LogP contribution in [0.4, 0.5) is 0 Å². The van der Waals surface area contributed by atoms with Crippen LogP contribution in [0, 0.1) is 5.92 Å². The maximum absolute atomic E-state index is 12.2. The Kier molecular flexibility index (Phi) is 3.74. The van der Waals surface area contributed by atoms with Crippen LogP contribution in [0.5, 0.6) is 0 Å². The van der Waals surface area contributed by atoms with Gasteiger partial charge in [-0.25, -0.2) is 0 Å². The molecule has 2 aromatic rings. The summed E-state index contributed by atoms with van der Waals surface area (Å²) in [6, 6.07) is 8.29. The molecule has 0 aliphatic carbocycles. The van der Waals surface area contributed by atoms with Crippen LogP contribution in [-0.2, 0) is 18.4 Å². The lowest BCUT2D eigenvalue weighted by Crippen LogP contribution is -2.40. The Morgan fingerprint density at radius 2 is 2.30 bits per heavy atom. The number of hydrogen-bond donors (Lipinski definition) is 2. The number of aromatic nitrogens is 1. The fourth-order valence-corrected chi connectivity index (χ4v) is 2.97. The maximum Gasteiger partial charge on any atom is 0.224 e. The molecule has 0 radical (unpaired) electrons. The number of amides is 1. The Bertz CT molecular complexity index is 611. The summed E-state index contributed by atoms with van der Waals surface area (Å²) in [6.45, 7) is 2.45. The number of fused-ring (bicyclic) bond motifs is 1. The number of carbonyl (C=O) groups excluding carboxylic acids is 1. The van der Waals surface area contributed by atoms with E-state index in [0.717, 1.165) is 25.9 Å². The highest BCUT2D eigenvalue weighted by atomic mass is 16.1. The second-order valence-corrected chi connectivity index (χ2v) is 5.54. The number of para-hydroxylation sites is 1. The smallest absolute Gasteiger partial charge is 0.224 e. The van der Waals surface area contributed by atoms with Crippen molar-refractivity contribution >= 4 is 16.8 Å². The van der Waals surface area contributed by atoms with Crippen LogP contribution in [0.15, 0.2) is 30.5 Å². The van der Waals surface area contributed by atoms with Gasteiger partial charge < -0.3 is 15.2 Å². The molecular weight excluding hydrogens is 250 g/mol. The number of benzene rings is 1. The zero-order valence-corrected chi connectivity index (χ0v) is 11.9. The van der Waals surface area contributed by atoms with E-state index in [2.05, 4.69) is 33.5 Å². The molecule has 1 unspecified atom stereocenters. The summed E-state index contributed by atoms with van der Waals surface area (Å²) < 4.78 is 2.11. The Morgan fingerprint density at radius 1 is 1.45 bits per heavy atom. The van der Waals surface area contributed by atoms with Gasteiger partial charge in [0.05, 0.1) is 5.92 Å². The summed E-state index contributed by atoms with van der Waals surface area (Å²) in [6.07, 6.45) is 4.19. The van der Waals surface area contributed by atoms with Crippen molar-refractivity contribution in [3.8, 4) is 0 Å². The second-order valence-electron chi connectivity index (χ2n) is 5.54. The SMILES string of the molecule is Cn1cc(CNC(=O)C2CCCNC2)c2ccccc21. The van der Waals surface area contributed by atoms with Gasteiger partial charge in [0.25, 0.3) is 0 Å². The van der Waals surface area contributed by atoms with Crippen LogP contribution in [0.1, 0.15) is 18.4 Å². The molecule has 2 N–H and O–H groups in total. The highest BCUT2D eigenvalue weighted by molar-refractivity contribution is 5.85. The zero-order chi connectivity index (χ0) is 13.9. The van der Waals surface area contributed by atoms with E-state index < -0.39 is 0 Å². The monoisotopic (exact) mass is 271 g/mol. The van der Waals surface area contributed by atoms with Gasteiger partial charge in [0.1, 0.15) is 0 Å². The maximum atomic E-state index is 12.2. The van der Waals surface area contributed by atoms with Gasteiger partial charge in [0.15, 0.2) is 0 Å². The number of aryl methyl sites for hydroxylation is 1. The van der Waals surface area contributed by atoms with Crippen molar-refractivity contribution in [1.82, 2.24) is 15.2 Å². The first-order valence-corrected chi connectivity index (χ1v) is 7.27. The number of nitrogens with zero attached hydrogens (tertiary/aromatic N) is 1. The summed E-state index contributed by atoms with van der Waals surface area (Å²) in [5, 5.41) is 7.58. The van der Waals surface area contributed by atoms with Gasteiger partial charge in [0.2, 0.25) is 5.91 Å². The molecule has 0 bridgehead atoms. The first kappa shape index (κ1) is 13.2. The number of piperidine rings is 1. The molecule has 20 heavy (non-hydrogen) atoms. The lowest BCUT2D eigenvalue weighted by Gasteiger charge is -2.21. The first-order chi connectivity index (χ1) is 9.75. The molecule has 1 atom stereocenters. The van der Waals surface area contributed by atoms with E-state index >= 15 is 0 Å². The van der Waals surface area contributed by atoms with E-state index in [9.17, 15) is 4.79 Å². The molecule has 4 heteroatoms. The minimum absolute atomic E-state index is 0.124. The Morgan fingerprint density at radius 3 is 3.10 bits per heavy atom. The molecule has 1 saturated heterocycles. The Hall–Kier alpha value is -1.81. The largest absolute Gasteiger partial charge is 0.352 e. The number of nitrogens with one attached hydrogen (secondary N) is 2. The molecule has 106 valence electrons. The van der Waals surface area contributed by atoms with Gasteiger partial charge in [-0.2, -0.15) is 0 Å². The number of carbonyl (C=O) groups is 1. The minimum Gasteiger partial charge on any atom is -0.352 e. The van der Waals surface area contributed by atoms with E-state index in [0.29, 0.717) is 6.54 Å². The van der Waals surface area contributed by atoms with E-state index in [1.807, 2.05) is 19.2 Å². The standard InChI is InChI=1S/C16H21N3O/c1-19-11-13(14-6-2-3-7-15(14)19)10-18-16(20)12-5-4-8-17-9-12/h2-3,6-7,11-12,17H,4-5,8-10H2,1H3,(H,18,20). The van der Waals surface area contributed by atoms with Crippen LogP contribution in [-0.4, -0.2) is 23.6 Å². The quantitative estimate of drug-likeness (QED) is 0.894. The molecule has 1 fully saturated rings. The second kappa shape index (κ2) is 5.67. The molecule has 2 heterocycles. The lowest BCUT2D eigenvalue weighted by atomic mass is 9.99. The van der Waals surface area contributed by atoms with Gasteiger partial charge >= 0.3 is 0 Å². The van der Waals surface area contributed by atoms with Crippen LogP contribution >= 0.6 is 0 Å². The van der Waals surface area contributed by atoms with E-state index in [4.69, 9.17) is 0 Å². The Balaban J connectivity index is 1.69. The summed E-state index contributed by atoms with van der Waals surface area (Å²) in [5.74, 6) is 0.295. The summed E-state index contributed by atoms with van der Waals surface area (Å²) in [7, 11) is 2.04. The summed E-state index contributed by atoms with van der Waals surface area (Å²) in [5.41, 5.74) is 2.39. The van der Waals surface area contributed by atoms with Gasteiger partial charge in [-0.15, -0.1) is 0 Å². The Labute approximate surface area is 119 Å². The van der Waals surface area contributed by atoms with Crippen LogP contribution in [0.2, 0.25) is 0 Å². The topological polar surface area (TPSA) is 46.1 Å². The molecule has 1 aliphatic rings. The number of hydrogen-bond acceptors (Lipinski definition) is 2. The zero-order valence-electron chi connectivity index (χ0n) is 11.9. The van der Waals surface area contributed by atoms with Crippen LogP contribution < -0.4 is 10.6 Å². The average molecular weight is 271 g/mol. The van der Waals surface area contributed by atoms with Crippen molar-refractivity contribution in [2.24, 2.45) is 13.0 Å². The normalized spacial score (nSPS) is 19.1. The van der Waals surface area contributed by atoms with Gasteiger partial charge in [-0.3, -0.25) is 4.79 Å². The van der Waals surface area contributed by atoms with Gasteiger partial charge in [-0.1, -0.05) is 18.2 Å². The lowest BCUT2D eigenvalue weighted by molar-refractivity contribution is -0.125.